The van der Waals surface area contributed by atoms with E-state index >= 15 is 0 Å². The van der Waals surface area contributed by atoms with Gasteiger partial charge < -0.3 is 20.3 Å². The minimum atomic E-state index is 0. The summed E-state index contributed by atoms with van der Waals surface area (Å²) in [6.45, 7) is 11.8. The molecule has 0 saturated carbocycles. The van der Waals surface area contributed by atoms with Gasteiger partial charge in [0.15, 0.2) is 5.96 Å². The number of methoxy groups -OCH3 is 1. The standard InChI is InChI=1S/C24H37N7O.HI/c1-4-25-23(27-13-9-21-19-20(2)7-8-22(21)32-3)26-12-6-14-30-15-17-31(18-16-30)24-28-10-5-11-29-24;/h5,7-8,10-11,19H,4,6,9,12-18H2,1-3H3,(H2,25,26,27);1H. The lowest BCUT2D eigenvalue weighted by molar-refractivity contribution is 0.255. The van der Waals surface area contributed by atoms with E-state index in [2.05, 4.69) is 56.4 Å². The van der Waals surface area contributed by atoms with Crippen LogP contribution in [0.25, 0.3) is 0 Å². The summed E-state index contributed by atoms with van der Waals surface area (Å²) in [6, 6.07) is 8.16. The molecule has 2 N–H and O–H groups in total. The lowest BCUT2D eigenvalue weighted by atomic mass is 10.1. The van der Waals surface area contributed by atoms with Gasteiger partial charge in [-0.25, -0.2) is 9.97 Å². The van der Waals surface area contributed by atoms with E-state index in [1.54, 1.807) is 19.5 Å². The Morgan fingerprint density at radius 1 is 1.12 bits per heavy atom. The van der Waals surface area contributed by atoms with Gasteiger partial charge in [-0.05, 0) is 44.4 Å². The summed E-state index contributed by atoms with van der Waals surface area (Å²) < 4.78 is 5.49. The predicted octanol–water partition coefficient (Wildman–Crippen LogP) is 2.72. The van der Waals surface area contributed by atoms with Gasteiger partial charge in [-0.2, -0.15) is 0 Å². The molecule has 9 heteroatoms. The summed E-state index contributed by atoms with van der Waals surface area (Å²) in [5, 5.41) is 6.80. The largest absolute Gasteiger partial charge is 0.496 e. The maximum absolute atomic E-state index is 5.49. The van der Waals surface area contributed by atoms with E-state index in [-0.39, 0.29) is 24.0 Å². The van der Waals surface area contributed by atoms with Gasteiger partial charge >= 0.3 is 0 Å². The Kier molecular flexibility index (Phi) is 12.2. The van der Waals surface area contributed by atoms with E-state index in [0.717, 1.165) is 82.9 Å². The molecule has 1 aromatic heterocycles. The van der Waals surface area contributed by atoms with Crippen LogP contribution in [0.15, 0.2) is 41.7 Å². The van der Waals surface area contributed by atoms with Crippen LogP contribution in [0.4, 0.5) is 5.95 Å². The first-order valence-corrected chi connectivity index (χ1v) is 11.6. The molecule has 1 fully saturated rings. The molecule has 33 heavy (non-hydrogen) atoms. The molecule has 182 valence electrons. The number of anilines is 1. The van der Waals surface area contributed by atoms with Gasteiger partial charge in [0, 0.05) is 64.8 Å². The molecule has 0 atom stereocenters. The Morgan fingerprint density at radius 3 is 2.58 bits per heavy atom. The van der Waals surface area contributed by atoms with Crippen molar-refractivity contribution in [2.24, 2.45) is 4.99 Å². The number of nitrogens with zero attached hydrogens (tertiary/aromatic N) is 5. The van der Waals surface area contributed by atoms with E-state index in [1.165, 1.54) is 11.1 Å². The lowest BCUT2D eigenvalue weighted by Crippen LogP contribution is -2.47. The maximum atomic E-state index is 5.49. The summed E-state index contributed by atoms with van der Waals surface area (Å²) in [4.78, 5) is 18.2. The van der Waals surface area contributed by atoms with E-state index in [4.69, 9.17) is 9.73 Å². The summed E-state index contributed by atoms with van der Waals surface area (Å²) in [5.41, 5.74) is 2.47. The van der Waals surface area contributed by atoms with Crippen molar-refractivity contribution < 1.29 is 4.74 Å². The maximum Gasteiger partial charge on any atom is 0.225 e. The third-order valence-corrected chi connectivity index (χ3v) is 5.58. The number of piperazine rings is 1. The average molecular weight is 568 g/mol. The first-order valence-electron chi connectivity index (χ1n) is 11.6. The van der Waals surface area contributed by atoms with Crippen LogP contribution >= 0.6 is 24.0 Å². The van der Waals surface area contributed by atoms with Crippen LogP contribution in [0.5, 0.6) is 5.75 Å². The van der Waals surface area contributed by atoms with E-state index in [9.17, 15) is 0 Å². The molecule has 0 spiro atoms. The van der Waals surface area contributed by atoms with Crippen LogP contribution in [-0.4, -0.2) is 80.3 Å². The zero-order valence-corrected chi connectivity index (χ0v) is 22.4. The molecule has 1 aromatic carbocycles. The number of nitrogens with one attached hydrogen (secondary N) is 2. The molecule has 2 heterocycles. The summed E-state index contributed by atoms with van der Waals surface area (Å²) in [5.74, 6) is 2.66. The fraction of sp³-hybridized carbons (Fsp3) is 0.542. The minimum Gasteiger partial charge on any atom is -0.496 e. The number of halogens is 1. The van der Waals surface area contributed by atoms with E-state index in [1.807, 2.05) is 12.1 Å². The minimum absolute atomic E-state index is 0. The molecule has 8 nitrogen and oxygen atoms in total. The molecule has 0 aliphatic carbocycles. The van der Waals surface area contributed by atoms with Crippen LogP contribution in [0.3, 0.4) is 0 Å². The smallest absolute Gasteiger partial charge is 0.225 e. The fourth-order valence-corrected chi connectivity index (χ4v) is 3.87. The number of guanidine groups is 1. The normalized spacial score (nSPS) is 14.5. The molecule has 1 aliphatic heterocycles. The summed E-state index contributed by atoms with van der Waals surface area (Å²) in [7, 11) is 1.72. The monoisotopic (exact) mass is 567 g/mol. The number of hydrogen-bond acceptors (Lipinski definition) is 6. The Hall–Kier alpha value is -2.14. The Balaban J connectivity index is 0.00000385. The molecule has 1 aliphatic rings. The van der Waals surface area contributed by atoms with Crippen molar-refractivity contribution in [3.63, 3.8) is 0 Å². The SMILES string of the molecule is CCNC(=NCCCN1CCN(c2ncccn2)CC1)NCCc1cc(C)ccc1OC.I. The highest BCUT2D eigenvalue weighted by atomic mass is 127. The van der Waals surface area contributed by atoms with Gasteiger partial charge in [0.2, 0.25) is 5.95 Å². The lowest BCUT2D eigenvalue weighted by Gasteiger charge is -2.34. The van der Waals surface area contributed by atoms with Gasteiger partial charge in [-0.1, -0.05) is 17.7 Å². The van der Waals surface area contributed by atoms with Crippen molar-refractivity contribution in [2.75, 3.05) is 64.4 Å². The highest BCUT2D eigenvalue weighted by molar-refractivity contribution is 14.0. The first-order chi connectivity index (χ1) is 15.7. The third kappa shape index (κ3) is 8.96. The van der Waals surface area contributed by atoms with Crippen LogP contribution in [0.2, 0.25) is 0 Å². The molecule has 0 radical (unpaired) electrons. The van der Waals surface area contributed by atoms with Crippen molar-refractivity contribution >= 4 is 35.9 Å². The van der Waals surface area contributed by atoms with Crippen LogP contribution < -0.4 is 20.3 Å². The van der Waals surface area contributed by atoms with Crippen molar-refractivity contribution in [3.05, 3.63) is 47.8 Å². The number of aryl methyl sites for hydroxylation is 1. The van der Waals surface area contributed by atoms with Crippen LogP contribution in [-0.2, 0) is 6.42 Å². The quantitative estimate of drug-likeness (QED) is 0.198. The summed E-state index contributed by atoms with van der Waals surface area (Å²) in [6.07, 6.45) is 5.55. The van der Waals surface area contributed by atoms with Gasteiger partial charge in [0.1, 0.15) is 5.75 Å². The number of aromatic nitrogens is 2. The Bertz CT molecular complexity index is 842. The van der Waals surface area contributed by atoms with E-state index < -0.39 is 0 Å². The van der Waals surface area contributed by atoms with Crippen molar-refractivity contribution in [1.29, 1.82) is 0 Å². The number of hydrogen-bond donors (Lipinski definition) is 2. The molecule has 1 saturated heterocycles. The van der Waals surface area contributed by atoms with E-state index in [0.29, 0.717) is 0 Å². The second-order valence-electron chi connectivity index (χ2n) is 7.98. The first kappa shape index (κ1) is 27.1. The number of benzene rings is 1. The molecule has 2 aromatic rings. The molecule has 0 amide bonds. The number of rotatable bonds is 10. The topological polar surface area (TPSA) is 77.9 Å². The van der Waals surface area contributed by atoms with Crippen LogP contribution in [0.1, 0.15) is 24.5 Å². The molecule has 3 rings (SSSR count). The fourth-order valence-electron chi connectivity index (χ4n) is 3.87. The molecule has 0 unspecified atom stereocenters. The molecular weight excluding hydrogens is 529 g/mol. The van der Waals surface area contributed by atoms with Gasteiger partial charge in [-0.15, -0.1) is 24.0 Å². The van der Waals surface area contributed by atoms with Crippen molar-refractivity contribution in [2.45, 2.75) is 26.7 Å². The summed E-state index contributed by atoms with van der Waals surface area (Å²) >= 11 is 0. The predicted molar refractivity (Wildman–Crippen MR) is 146 cm³/mol. The zero-order chi connectivity index (χ0) is 22.6. The second kappa shape index (κ2) is 14.9. The number of ether oxygens (including phenoxy) is 1. The third-order valence-electron chi connectivity index (χ3n) is 5.58. The van der Waals surface area contributed by atoms with Crippen LogP contribution in [0, 0.1) is 6.92 Å². The van der Waals surface area contributed by atoms with Gasteiger partial charge in [0.25, 0.3) is 0 Å². The van der Waals surface area contributed by atoms with Crippen molar-refractivity contribution in [1.82, 2.24) is 25.5 Å². The number of aliphatic imine (C=N–C) groups is 1. The highest BCUT2D eigenvalue weighted by Gasteiger charge is 2.18. The second-order valence-corrected chi connectivity index (χ2v) is 7.98. The Labute approximate surface area is 215 Å². The van der Waals surface area contributed by atoms with Gasteiger partial charge in [0.05, 0.1) is 7.11 Å². The van der Waals surface area contributed by atoms with Gasteiger partial charge in [-0.3, -0.25) is 9.89 Å². The highest BCUT2D eigenvalue weighted by Crippen LogP contribution is 2.19. The average Bonchev–Trinajstić information content (AvgIpc) is 2.83. The Morgan fingerprint density at radius 2 is 1.88 bits per heavy atom. The molecular formula is C24H38IN7O. The van der Waals surface area contributed by atoms with Crippen molar-refractivity contribution in [3.8, 4) is 5.75 Å². The molecule has 0 bridgehead atoms. The zero-order valence-electron chi connectivity index (χ0n) is 20.1.